The summed E-state index contributed by atoms with van der Waals surface area (Å²) in [6.45, 7) is 14.7. The number of piperidine rings is 2. The van der Waals surface area contributed by atoms with Crippen LogP contribution in [-0.4, -0.2) is 102 Å². The molecule has 342 valence electrons. The SMILES string of the molecule is CC(C)COc1ccc(CNC(=O)N(Cc2ccc(F)cc2)C2CCN(C)CC2)cc1.CC(C)COc1ccc(CNC(=O)N(Cc2ccc(F)cc2)C2CC[N+](C)(O)CC2)cc1. The van der Waals surface area contributed by atoms with Crippen molar-refractivity contribution in [2.24, 2.45) is 11.8 Å². The summed E-state index contributed by atoms with van der Waals surface area (Å²) in [5.41, 5.74) is 3.82. The van der Waals surface area contributed by atoms with E-state index in [1.165, 1.54) is 24.3 Å². The van der Waals surface area contributed by atoms with E-state index in [9.17, 15) is 23.6 Å². The monoisotopic (exact) mass is 872 g/mol. The summed E-state index contributed by atoms with van der Waals surface area (Å²) in [5.74, 6) is 2.04. The lowest BCUT2D eigenvalue weighted by atomic mass is 10.0. The summed E-state index contributed by atoms with van der Waals surface area (Å²) >= 11 is 0. The summed E-state index contributed by atoms with van der Waals surface area (Å²) in [6.07, 6.45) is 3.30. The number of urea groups is 2. The number of carbonyl (C=O) groups excluding carboxylic acids is 2. The molecule has 0 saturated carbocycles. The predicted molar refractivity (Wildman–Crippen MR) is 243 cm³/mol. The normalized spacial score (nSPS) is 18.0. The molecule has 63 heavy (non-hydrogen) atoms. The molecular weight excluding hydrogens is 803 g/mol. The van der Waals surface area contributed by atoms with Gasteiger partial charge in [-0.25, -0.2) is 23.6 Å². The number of nitrogens with one attached hydrogen (secondary N) is 2. The minimum absolute atomic E-state index is 0.0187. The number of nitrogens with zero attached hydrogens (tertiary/aromatic N) is 4. The minimum Gasteiger partial charge on any atom is -0.493 e. The Labute approximate surface area is 373 Å². The van der Waals surface area contributed by atoms with Crippen LogP contribution in [0.1, 0.15) is 75.6 Å². The number of amides is 4. The summed E-state index contributed by atoms with van der Waals surface area (Å²) in [7, 11) is 3.89. The molecule has 0 spiro atoms. The Balaban J connectivity index is 0.000000238. The number of quaternary nitrogens is 1. The number of likely N-dealkylation sites (tertiary alicyclic amines) is 2. The van der Waals surface area contributed by atoms with Gasteiger partial charge in [0.15, 0.2) is 0 Å². The van der Waals surface area contributed by atoms with Gasteiger partial charge in [-0.2, -0.15) is 4.65 Å². The first-order valence-corrected chi connectivity index (χ1v) is 22.4. The fraction of sp³-hybridized carbons (Fsp3) is 0.480. The zero-order chi connectivity index (χ0) is 45.4. The molecule has 2 heterocycles. The molecule has 0 aromatic heterocycles. The Morgan fingerprint density at radius 1 is 0.635 bits per heavy atom. The number of halogens is 2. The molecule has 13 heteroatoms. The van der Waals surface area contributed by atoms with Crippen LogP contribution in [0.5, 0.6) is 11.5 Å². The second kappa shape index (κ2) is 24.0. The van der Waals surface area contributed by atoms with Gasteiger partial charge in [0.25, 0.3) is 0 Å². The van der Waals surface area contributed by atoms with Gasteiger partial charge in [-0.05, 0) is 116 Å². The smallest absolute Gasteiger partial charge is 0.318 e. The zero-order valence-electron chi connectivity index (χ0n) is 38.1. The van der Waals surface area contributed by atoms with E-state index in [1.807, 2.05) is 58.3 Å². The van der Waals surface area contributed by atoms with Crippen molar-refractivity contribution in [2.75, 3.05) is 53.5 Å². The summed E-state index contributed by atoms with van der Waals surface area (Å²) < 4.78 is 38.0. The maximum atomic E-state index is 13.3. The molecule has 0 unspecified atom stereocenters. The summed E-state index contributed by atoms with van der Waals surface area (Å²) in [4.78, 5) is 32.3. The van der Waals surface area contributed by atoms with Crippen molar-refractivity contribution in [3.63, 3.8) is 0 Å². The van der Waals surface area contributed by atoms with Crippen LogP contribution in [0, 0.1) is 23.5 Å². The van der Waals surface area contributed by atoms with Gasteiger partial charge in [0.05, 0.1) is 20.3 Å². The van der Waals surface area contributed by atoms with Crippen LogP contribution in [0.4, 0.5) is 18.4 Å². The van der Waals surface area contributed by atoms with Gasteiger partial charge < -0.3 is 34.8 Å². The molecular formula is C50H69F2N6O5+. The lowest BCUT2D eigenvalue weighted by Gasteiger charge is -2.39. The zero-order valence-corrected chi connectivity index (χ0v) is 38.1. The highest BCUT2D eigenvalue weighted by Crippen LogP contribution is 2.23. The molecule has 11 nitrogen and oxygen atoms in total. The Kier molecular flexibility index (Phi) is 18.6. The summed E-state index contributed by atoms with van der Waals surface area (Å²) in [6, 6.07) is 28.2. The Morgan fingerprint density at radius 2 is 0.984 bits per heavy atom. The van der Waals surface area contributed by atoms with Gasteiger partial charge in [0.1, 0.15) is 36.2 Å². The van der Waals surface area contributed by atoms with Crippen molar-refractivity contribution in [3.05, 3.63) is 131 Å². The van der Waals surface area contributed by atoms with Crippen LogP contribution in [0.25, 0.3) is 0 Å². The molecule has 2 aliphatic heterocycles. The summed E-state index contributed by atoms with van der Waals surface area (Å²) in [5, 5.41) is 16.3. The van der Waals surface area contributed by atoms with Crippen LogP contribution in [0.2, 0.25) is 0 Å². The molecule has 0 aliphatic carbocycles. The highest BCUT2D eigenvalue weighted by molar-refractivity contribution is 5.75. The molecule has 2 fully saturated rings. The second-order valence-corrected chi connectivity index (χ2v) is 18.1. The molecule has 4 aromatic carbocycles. The van der Waals surface area contributed by atoms with Crippen molar-refractivity contribution in [3.8, 4) is 11.5 Å². The number of hydrogen-bond acceptors (Lipinski definition) is 6. The van der Waals surface area contributed by atoms with Gasteiger partial charge in [0, 0.05) is 51.1 Å². The van der Waals surface area contributed by atoms with Crippen LogP contribution in [-0.2, 0) is 26.2 Å². The molecule has 0 bridgehead atoms. The van der Waals surface area contributed by atoms with Crippen LogP contribution < -0.4 is 20.1 Å². The van der Waals surface area contributed by atoms with Crippen molar-refractivity contribution >= 4 is 12.1 Å². The van der Waals surface area contributed by atoms with Crippen molar-refractivity contribution in [1.29, 1.82) is 0 Å². The first-order chi connectivity index (χ1) is 30.1. The highest BCUT2D eigenvalue weighted by Gasteiger charge is 2.34. The van der Waals surface area contributed by atoms with E-state index in [0.29, 0.717) is 77.2 Å². The lowest BCUT2D eigenvalue weighted by molar-refractivity contribution is -1.09. The molecule has 4 amide bonds. The van der Waals surface area contributed by atoms with Crippen LogP contribution >= 0.6 is 0 Å². The first-order valence-electron chi connectivity index (χ1n) is 22.4. The number of benzene rings is 4. The maximum Gasteiger partial charge on any atom is 0.318 e. The fourth-order valence-corrected chi connectivity index (χ4v) is 7.53. The molecule has 0 radical (unpaired) electrons. The number of hydrogen-bond donors (Lipinski definition) is 3. The van der Waals surface area contributed by atoms with E-state index in [4.69, 9.17) is 9.47 Å². The maximum absolute atomic E-state index is 13.3. The number of carbonyl (C=O) groups is 2. The Bertz CT molecular complexity index is 1960. The number of ether oxygens (including phenoxy) is 2. The molecule has 2 aliphatic rings. The van der Waals surface area contributed by atoms with E-state index in [0.717, 1.165) is 59.7 Å². The first kappa shape index (κ1) is 48.8. The number of hydroxylamine groups is 3. The third-order valence-electron chi connectivity index (χ3n) is 11.4. The standard InChI is InChI=1S/C25H34FN3O3.C25H34FN3O2/c1-19(2)18-32-24-10-6-20(7-11-24)16-27-25(30)28(17-21-4-8-22(26)9-5-21)23-12-14-29(3,31)15-13-23;1-19(2)18-31-24-10-6-20(7-11-24)16-27-25(30)29(23-12-14-28(3)15-13-23)17-21-4-8-22(26)9-5-21/h4-11,19,23,31H,12-18H2,1-3H3;4-11,19,23H,12-18H2,1-3H3,(H,27,30)/p+1. The molecule has 0 atom stereocenters. The lowest BCUT2D eigenvalue weighted by Crippen LogP contribution is -2.54. The quantitative estimate of drug-likeness (QED) is 0.0971. The van der Waals surface area contributed by atoms with Crippen molar-refractivity contribution in [1.82, 2.24) is 25.3 Å². The van der Waals surface area contributed by atoms with Gasteiger partial charge in [-0.3, -0.25) is 0 Å². The van der Waals surface area contributed by atoms with Crippen LogP contribution in [0.3, 0.4) is 0 Å². The van der Waals surface area contributed by atoms with E-state index >= 15 is 0 Å². The molecule has 4 aromatic rings. The van der Waals surface area contributed by atoms with E-state index in [-0.39, 0.29) is 40.4 Å². The third-order valence-corrected chi connectivity index (χ3v) is 11.4. The number of rotatable bonds is 16. The van der Waals surface area contributed by atoms with Gasteiger partial charge >= 0.3 is 12.1 Å². The molecule has 2 saturated heterocycles. The topological polar surface area (TPSA) is 107 Å². The third kappa shape index (κ3) is 16.8. The van der Waals surface area contributed by atoms with E-state index < -0.39 is 0 Å². The second-order valence-electron chi connectivity index (χ2n) is 18.1. The molecule has 6 rings (SSSR count). The van der Waals surface area contributed by atoms with Gasteiger partial charge in [-0.1, -0.05) is 76.2 Å². The van der Waals surface area contributed by atoms with E-state index in [2.05, 4.69) is 50.3 Å². The average Bonchev–Trinajstić information content (AvgIpc) is 3.27. The van der Waals surface area contributed by atoms with Gasteiger partial charge in [0.2, 0.25) is 0 Å². The van der Waals surface area contributed by atoms with E-state index in [1.54, 1.807) is 31.3 Å². The largest absolute Gasteiger partial charge is 0.493 e. The fourth-order valence-electron chi connectivity index (χ4n) is 7.53. The van der Waals surface area contributed by atoms with Crippen LogP contribution in [0.15, 0.2) is 97.1 Å². The molecule has 3 N–H and O–H groups in total. The Morgan fingerprint density at radius 3 is 1.35 bits per heavy atom. The predicted octanol–water partition coefficient (Wildman–Crippen LogP) is 9.24. The minimum atomic E-state index is -0.295. The van der Waals surface area contributed by atoms with Crippen molar-refractivity contribution in [2.45, 2.75) is 91.6 Å². The highest BCUT2D eigenvalue weighted by atomic mass is 19.1. The van der Waals surface area contributed by atoms with Gasteiger partial charge in [-0.15, -0.1) is 0 Å². The average molecular weight is 872 g/mol. The van der Waals surface area contributed by atoms with Crippen molar-refractivity contribution < 1.29 is 37.7 Å². The Hall–Kier alpha value is -5.24.